The van der Waals surface area contributed by atoms with Gasteiger partial charge in [-0.05, 0) is 96.8 Å². The number of hydrogen-bond acceptors (Lipinski definition) is 33. The molecule has 0 aromatic carbocycles. The highest BCUT2D eigenvalue weighted by molar-refractivity contribution is 7.47. The molecule has 22 atom stereocenters. The Morgan fingerprint density at radius 3 is 1.35 bits per heavy atom. The number of phosphoric ester groups is 2. The summed E-state index contributed by atoms with van der Waals surface area (Å²) in [6, 6.07) is -1.02. The minimum absolute atomic E-state index is 0.0373. The van der Waals surface area contributed by atoms with Gasteiger partial charge in [0.05, 0.1) is 115 Å². The van der Waals surface area contributed by atoms with Gasteiger partial charge < -0.3 is 119 Å². The third kappa shape index (κ3) is 38.9. The van der Waals surface area contributed by atoms with Crippen LogP contribution in [0.5, 0.6) is 0 Å². The van der Waals surface area contributed by atoms with E-state index in [0.717, 1.165) is 12.0 Å². The lowest BCUT2D eigenvalue weighted by Gasteiger charge is -2.40. The number of Topliss-reactive ketones (excluding diaryl/α,β-unsaturated/α-hetero) is 5. The Morgan fingerprint density at radius 1 is 0.445 bits per heavy atom. The summed E-state index contributed by atoms with van der Waals surface area (Å²) in [7, 11) is -8.52. The molecule has 0 bridgehead atoms. The number of ketones is 5. The van der Waals surface area contributed by atoms with Gasteiger partial charge in [0.2, 0.25) is 17.7 Å². The van der Waals surface area contributed by atoms with E-state index in [0.29, 0.717) is 135 Å². The van der Waals surface area contributed by atoms with Gasteiger partial charge >= 0.3 is 15.6 Å². The van der Waals surface area contributed by atoms with Crippen molar-refractivity contribution in [3.63, 3.8) is 0 Å². The zero-order valence-corrected chi connectivity index (χ0v) is 71.8. The van der Waals surface area contributed by atoms with Crippen LogP contribution in [-0.4, -0.2) is 329 Å². The molecule has 5 rings (SSSR count). The number of carbonyl (C=O) groups is 8. The molecular weight excluding hydrogens is 1610 g/mol. The predicted molar refractivity (Wildman–Crippen MR) is 422 cm³/mol. The SMILES string of the molecule is COP(=O)(O)OC1C[C@H](C)O[C@@H]1COP(=O)(O)O[C@@H]1C[C@@H](CO)N(C(=O)CC(=O)NC(COCCC(=O)CCCCCC(=O)CCCCO[C@@H]2OC(CO)[C@H](O)[C@H](O)C2C)(COCCC(=O)CCCCCC(=O)CCCCO[C@@H]2OC(CO)[C@H](O)[C@H](O)C2C)COCCC(=O)NCCCCC(=O)CCCCO[C@@H]2CC(CO)[C@H](O)[C@H](O)C2C)C1. The Balaban J connectivity index is 1.17. The smallest absolute Gasteiger partial charge is 0.396 e. The molecule has 0 spiro atoms. The number of ether oxygens (including phenoxy) is 9. The van der Waals surface area contributed by atoms with Crippen molar-refractivity contribution >= 4 is 62.3 Å². The molecule has 3 amide bonds. The second kappa shape index (κ2) is 56.3. The number of aliphatic hydroxyl groups is 10. The van der Waals surface area contributed by atoms with Gasteiger partial charge in [-0.15, -0.1) is 0 Å². The normalized spacial score (nSPS) is 29.4. The van der Waals surface area contributed by atoms with Gasteiger partial charge in [0.25, 0.3) is 0 Å². The Bertz CT molecular complexity index is 2880. The van der Waals surface area contributed by atoms with Gasteiger partial charge in [0.1, 0.15) is 77.5 Å². The van der Waals surface area contributed by atoms with E-state index in [4.69, 9.17) is 56.2 Å². The molecule has 38 nitrogen and oxygen atoms in total. The molecule has 119 heavy (non-hydrogen) atoms. The summed E-state index contributed by atoms with van der Waals surface area (Å²) in [4.78, 5) is 128. The molecule has 0 aromatic rings. The average molecular weight is 1750 g/mol. The van der Waals surface area contributed by atoms with E-state index in [2.05, 4.69) is 15.2 Å². The summed E-state index contributed by atoms with van der Waals surface area (Å²) < 4.78 is 98.6. The summed E-state index contributed by atoms with van der Waals surface area (Å²) in [5.41, 5.74) is -1.69. The summed E-state index contributed by atoms with van der Waals surface area (Å²) in [5.74, 6) is -4.30. The number of nitrogens with zero attached hydrogens (tertiary/aromatic N) is 1. The summed E-state index contributed by atoms with van der Waals surface area (Å²) in [6.07, 6.45) is -5.99. The highest BCUT2D eigenvalue weighted by Gasteiger charge is 2.47. The molecule has 4 heterocycles. The quantitative estimate of drug-likeness (QED) is 0.0236. The van der Waals surface area contributed by atoms with Crippen LogP contribution in [0.4, 0.5) is 0 Å². The number of phosphoric acid groups is 2. The lowest BCUT2D eigenvalue weighted by Crippen LogP contribution is -2.59. The monoisotopic (exact) mass is 1750 g/mol. The third-order valence-electron chi connectivity index (χ3n) is 22.4. The van der Waals surface area contributed by atoms with E-state index in [1.165, 1.54) is 0 Å². The molecule has 5 aliphatic rings. The average Bonchev–Trinajstić information content (AvgIpc) is 1.78. The fourth-order valence-electron chi connectivity index (χ4n) is 15.0. The number of aliphatic hydroxyl groups excluding tert-OH is 10. The highest BCUT2D eigenvalue weighted by Crippen LogP contribution is 2.50. The van der Waals surface area contributed by atoms with Crippen molar-refractivity contribution < 1.29 is 169 Å². The second-order valence-corrected chi connectivity index (χ2v) is 35.3. The van der Waals surface area contributed by atoms with E-state index in [9.17, 15) is 108 Å². The maximum atomic E-state index is 14.4. The van der Waals surface area contributed by atoms with Crippen LogP contribution in [0.25, 0.3) is 0 Å². The molecule has 690 valence electrons. The summed E-state index contributed by atoms with van der Waals surface area (Å²) in [5, 5.41) is 106. The predicted octanol–water partition coefficient (Wildman–Crippen LogP) is 2.34. The standard InChI is InChI=1S/C79H139N3O35P2/c1-51-38-64(117-118(101,102)105-5)67(113-51)47-112-119(103,104)116-62-40-56(44-84)82(42-62)70(94)41-69(93)81-79(48-106-35-28-60(90)22-10-6-8-20-57(87)26-14-18-33-110-77-53(3)72(96)75(99)65(45-85)114-77,49-107-36-29-61(91)23-11-7-9-21-58(88)27-15-19-34-111-78-54(4)73(97)76(100)66(46-86)115-78)50-108-37-30-68(92)80-31-16-12-24-59(89)25-13-17-32-109-63-39-55(43-83)74(98)71(95)52(63)2/h51-56,62-67,71-78,83-86,95-100H,6-50H2,1-5H3,(H,80,92)(H,81,93)(H,101,102)(H,103,104)/t51-,52?,53?,54?,55?,56-,62+,63+,64?,65?,66?,67+,71+,72+,73+,74-,75-,76-,77+,78+,79?/m0/s1. The molecule has 4 aliphatic heterocycles. The van der Waals surface area contributed by atoms with Crippen LogP contribution in [0.15, 0.2) is 0 Å². The minimum atomic E-state index is -4.98. The van der Waals surface area contributed by atoms with Gasteiger partial charge in [-0.25, -0.2) is 9.13 Å². The molecule has 14 N–H and O–H groups in total. The number of amides is 3. The fraction of sp³-hybridized carbons (Fsp3) is 0.899. The van der Waals surface area contributed by atoms with E-state index in [1.807, 2.05) is 0 Å². The molecule has 9 unspecified atom stereocenters. The van der Waals surface area contributed by atoms with E-state index in [-0.39, 0.29) is 138 Å². The first kappa shape index (κ1) is 106. The van der Waals surface area contributed by atoms with Crippen LogP contribution in [0, 0.1) is 23.7 Å². The van der Waals surface area contributed by atoms with Crippen molar-refractivity contribution in [2.24, 2.45) is 23.7 Å². The number of likely N-dealkylation sites (tertiary alicyclic amines) is 1. The third-order valence-corrected chi connectivity index (χ3v) is 24.5. The molecule has 0 aromatic heterocycles. The fourth-order valence-corrected chi connectivity index (χ4v) is 16.6. The van der Waals surface area contributed by atoms with Crippen molar-refractivity contribution in [2.75, 3.05) is 113 Å². The zero-order valence-electron chi connectivity index (χ0n) is 70.0. The van der Waals surface area contributed by atoms with Gasteiger partial charge in [-0.2, -0.15) is 0 Å². The number of carbonyl (C=O) groups excluding carboxylic acids is 8. The van der Waals surface area contributed by atoms with Crippen LogP contribution in [0.1, 0.15) is 214 Å². The van der Waals surface area contributed by atoms with Crippen LogP contribution in [-0.2, 0) is 108 Å². The maximum Gasteiger partial charge on any atom is 0.472 e. The van der Waals surface area contributed by atoms with Gasteiger partial charge in [0.15, 0.2) is 12.6 Å². The van der Waals surface area contributed by atoms with Crippen LogP contribution in [0.3, 0.4) is 0 Å². The first-order chi connectivity index (χ1) is 56.7. The Kier molecular flexibility index (Phi) is 50.1. The maximum absolute atomic E-state index is 14.4. The Hall–Kier alpha value is -3.78. The molecule has 4 saturated heterocycles. The topological polar surface area (TPSA) is 561 Å². The molecule has 1 saturated carbocycles. The first-order valence-corrected chi connectivity index (χ1v) is 45.4. The molecule has 40 heteroatoms. The summed E-state index contributed by atoms with van der Waals surface area (Å²) >= 11 is 0. The lowest BCUT2D eigenvalue weighted by molar-refractivity contribution is -0.282. The number of nitrogens with one attached hydrogen (secondary N) is 2. The Morgan fingerprint density at radius 2 is 0.891 bits per heavy atom. The molecule has 0 radical (unpaired) electrons. The van der Waals surface area contributed by atoms with Crippen LogP contribution >= 0.6 is 15.6 Å². The van der Waals surface area contributed by atoms with E-state index in [1.54, 1.807) is 27.7 Å². The first-order valence-electron chi connectivity index (χ1n) is 42.4. The van der Waals surface area contributed by atoms with Gasteiger partial charge in [0, 0.05) is 147 Å². The van der Waals surface area contributed by atoms with Gasteiger partial charge in [-0.3, -0.25) is 56.5 Å². The van der Waals surface area contributed by atoms with Gasteiger partial charge in [-0.1, -0.05) is 33.6 Å². The van der Waals surface area contributed by atoms with Crippen molar-refractivity contribution in [3.8, 4) is 0 Å². The number of hydrogen-bond donors (Lipinski definition) is 14. The number of rotatable bonds is 65. The highest BCUT2D eigenvalue weighted by atomic mass is 31.2. The summed E-state index contributed by atoms with van der Waals surface area (Å²) in [6.45, 7) is 3.05. The van der Waals surface area contributed by atoms with Crippen molar-refractivity contribution in [2.45, 2.75) is 317 Å². The minimum Gasteiger partial charge on any atom is -0.396 e. The molecular formula is C79H139N3O35P2. The van der Waals surface area contributed by atoms with Crippen molar-refractivity contribution in [1.29, 1.82) is 0 Å². The van der Waals surface area contributed by atoms with E-state index < -0.39 is 208 Å². The van der Waals surface area contributed by atoms with Crippen LogP contribution < -0.4 is 10.6 Å². The number of unbranched alkanes of at least 4 members (excludes halogenated alkanes) is 8. The van der Waals surface area contributed by atoms with Crippen LogP contribution in [0.2, 0.25) is 0 Å². The zero-order chi connectivity index (χ0) is 87.7. The second-order valence-electron chi connectivity index (χ2n) is 32.3. The van der Waals surface area contributed by atoms with Crippen molar-refractivity contribution in [1.82, 2.24) is 15.5 Å². The van der Waals surface area contributed by atoms with Crippen molar-refractivity contribution in [3.05, 3.63) is 0 Å². The largest absolute Gasteiger partial charge is 0.472 e. The lowest BCUT2D eigenvalue weighted by atomic mass is 9.77. The molecule has 1 aliphatic carbocycles. The molecule has 5 fully saturated rings. The van der Waals surface area contributed by atoms with E-state index >= 15 is 0 Å². The Labute approximate surface area is 697 Å².